The number of carboxylic acids is 1. The van der Waals surface area contributed by atoms with Crippen LogP contribution in [-0.4, -0.2) is 30.1 Å². The number of phenols is 1. The molecule has 0 spiro atoms. The monoisotopic (exact) mass is 424 g/mol. The highest BCUT2D eigenvalue weighted by molar-refractivity contribution is 5.88. The number of phenolic OH excluding ortho intramolecular Hbond substituents is 1. The molecule has 2 aromatic carbocycles. The summed E-state index contributed by atoms with van der Waals surface area (Å²) < 4.78 is 10.7. The number of amides is 1. The van der Waals surface area contributed by atoms with Crippen molar-refractivity contribution >= 4 is 22.8 Å². The molecule has 31 heavy (non-hydrogen) atoms. The normalized spacial score (nSPS) is 11.8. The lowest BCUT2D eigenvalue weighted by molar-refractivity contribution is -0.308. The summed E-state index contributed by atoms with van der Waals surface area (Å²) in [6, 6.07) is 8.14. The van der Waals surface area contributed by atoms with E-state index in [2.05, 4.69) is 5.32 Å². The van der Waals surface area contributed by atoms with Crippen LogP contribution in [0, 0.1) is 13.8 Å². The van der Waals surface area contributed by atoms with E-state index >= 15 is 0 Å². The third-order valence-corrected chi connectivity index (χ3v) is 5.21. The second-order valence-corrected chi connectivity index (χ2v) is 7.25. The fourth-order valence-electron chi connectivity index (χ4n) is 3.46. The fraction of sp³-hybridized carbons (Fsp3) is 0.261. The van der Waals surface area contributed by atoms with Gasteiger partial charge in [-0.15, -0.1) is 0 Å². The van der Waals surface area contributed by atoms with Gasteiger partial charge in [0.05, 0.1) is 31.1 Å². The van der Waals surface area contributed by atoms with Crippen molar-refractivity contribution in [1.82, 2.24) is 5.32 Å². The van der Waals surface area contributed by atoms with Crippen LogP contribution in [0.4, 0.5) is 0 Å². The summed E-state index contributed by atoms with van der Waals surface area (Å²) in [7, 11) is 1.52. The minimum atomic E-state index is -1.45. The number of fused-ring (bicyclic) bond motifs is 1. The minimum Gasteiger partial charge on any atom is -0.548 e. The average Bonchev–Trinajstić information content (AvgIpc) is 2.73. The molecule has 0 aliphatic rings. The second kappa shape index (κ2) is 8.91. The number of methoxy groups -OCH3 is 1. The van der Waals surface area contributed by atoms with Crippen LogP contribution in [-0.2, 0) is 22.4 Å². The van der Waals surface area contributed by atoms with Crippen LogP contribution in [0.25, 0.3) is 11.0 Å². The number of aliphatic carboxylic acids is 1. The van der Waals surface area contributed by atoms with Crippen LogP contribution in [0.1, 0.15) is 22.3 Å². The van der Waals surface area contributed by atoms with Crippen molar-refractivity contribution in [2.45, 2.75) is 32.7 Å². The number of rotatable bonds is 7. The lowest BCUT2D eigenvalue weighted by Gasteiger charge is -2.20. The Balaban J connectivity index is 1.83. The van der Waals surface area contributed by atoms with Gasteiger partial charge < -0.3 is 29.5 Å². The van der Waals surface area contributed by atoms with Crippen molar-refractivity contribution in [2.75, 3.05) is 7.11 Å². The zero-order valence-electron chi connectivity index (χ0n) is 17.4. The van der Waals surface area contributed by atoms with E-state index in [1.807, 2.05) is 0 Å². The first kappa shape index (κ1) is 21.9. The summed E-state index contributed by atoms with van der Waals surface area (Å²) in [6.45, 7) is 3.48. The summed E-state index contributed by atoms with van der Waals surface area (Å²) in [4.78, 5) is 36.6. The van der Waals surface area contributed by atoms with Gasteiger partial charge in [0.2, 0.25) is 5.91 Å². The van der Waals surface area contributed by atoms with Crippen LogP contribution in [0.5, 0.6) is 11.5 Å². The van der Waals surface area contributed by atoms with Gasteiger partial charge >= 0.3 is 5.63 Å². The largest absolute Gasteiger partial charge is 0.548 e. The zero-order chi connectivity index (χ0) is 22.7. The van der Waals surface area contributed by atoms with Crippen LogP contribution >= 0.6 is 0 Å². The van der Waals surface area contributed by atoms with Gasteiger partial charge in [-0.05, 0) is 55.7 Å². The molecule has 2 N–H and O–H groups in total. The van der Waals surface area contributed by atoms with Crippen molar-refractivity contribution in [3.8, 4) is 11.5 Å². The van der Waals surface area contributed by atoms with Gasteiger partial charge in [0, 0.05) is 10.9 Å². The van der Waals surface area contributed by atoms with Gasteiger partial charge in [-0.25, -0.2) is 4.79 Å². The molecule has 1 heterocycles. The molecule has 0 unspecified atom stereocenters. The molecule has 162 valence electrons. The Morgan fingerprint density at radius 2 is 1.81 bits per heavy atom. The molecule has 3 aromatic rings. The number of hydrogen-bond acceptors (Lipinski definition) is 7. The second-order valence-electron chi connectivity index (χ2n) is 7.25. The summed E-state index contributed by atoms with van der Waals surface area (Å²) in [5, 5.41) is 23.9. The molecule has 1 atom stereocenters. The Hall–Kier alpha value is -3.81. The molecule has 3 rings (SSSR count). The topological polar surface area (TPSA) is 129 Å². The molecule has 8 heteroatoms. The first-order valence-electron chi connectivity index (χ1n) is 9.59. The quantitative estimate of drug-likeness (QED) is 0.544. The van der Waals surface area contributed by atoms with Crippen molar-refractivity contribution in [3.63, 3.8) is 0 Å². The lowest BCUT2D eigenvalue weighted by Crippen LogP contribution is -2.49. The molecule has 0 radical (unpaired) electrons. The van der Waals surface area contributed by atoms with Crippen LogP contribution in [0.2, 0.25) is 0 Å². The number of carbonyl (C=O) groups is 2. The Morgan fingerprint density at radius 1 is 1.13 bits per heavy atom. The Labute approximate surface area is 178 Å². The maximum atomic E-state index is 12.5. The highest BCUT2D eigenvalue weighted by atomic mass is 16.5. The van der Waals surface area contributed by atoms with Crippen LogP contribution in [0.3, 0.4) is 0 Å². The molecule has 1 amide bonds. The van der Waals surface area contributed by atoms with Gasteiger partial charge in [0.1, 0.15) is 17.1 Å². The highest BCUT2D eigenvalue weighted by Crippen LogP contribution is 2.29. The maximum Gasteiger partial charge on any atom is 0.340 e. The van der Waals surface area contributed by atoms with Crippen LogP contribution < -0.4 is 20.8 Å². The van der Waals surface area contributed by atoms with Gasteiger partial charge in [0.15, 0.2) is 0 Å². The van der Waals surface area contributed by atoms with E-state index in [9.17, 15) is 24.6 Å². The standard InChI is InChI=1S/C23H23NO7/c1-12-16-8-9-19(30-3)13(2)21(16)31-23(29)17(12)11-20(26)24-18(22(27)28)10-14-4-6-15(25)7-5-14/h4-9,18,25H,10-11H2,1-3H3,(H,24,26)(H,27,28)/p-1/t18-/m0/s1. The van der Waals surface area contributed by atoms with Crippen molar-refractivity contribution < 1.29 is 29.0 Å². The molecule has 0 saturated heterocycles. The number of nitrogens with one attached hydrogen (secondary N) is 1. The van der Waals surface area contributed by atoms with Gasteiger partial charge in [0.25, 0.3) is 0 Å². The molecule has 1 aromatic heterocycles. The zero-order valence-corrected chi connectivity index (χ0v) is 17.4. The molecule has 0 aliphatic carbocycles. The molecule has 0 fully saturated rings. The molecular formula is C23H22NO7-. The molecule has 8 nitrogen and oxygen atoms in total. The number of aromatic hydroxyl groups is 1. The molecular weight excluding hydrogens is 402 g/mol. The third kappa shape index (κ3) is 4.69. The highest BCUT2D eigenvalue weighted by Gasteiger charge is 2.20. The SMILES string of the molecule is COc1ccc2c(C)c(CC(=O)N[C@@H](Cc3ccc(O)cc3)C(=O)[O-])c(=O)oc2c1C. The fourth-order valence-corrected chi connectivity index (χ4v) is 3.46. The summed E-state index contributed by atoms with van der Waals surface area (Å²) in [5.74, 6) is -1.48. The molecule has 0 aliphatic heterocycles. The third-order valence-electron chi connectivity index (χ3n) is 5.21. The van der Waals surface area contributed by atoms with E-state index in [0.29, 0.717) is 33.4 Å². The molecule has 0 saturated carbocycles. The summed E-state index contributed by atoms with van der Waals surface area (Å²) in [6.07, 6.45) is -0.368. The number of benzene rings is 2. The van der Waals surface area contributed by atoms with E-state index in [1.54, 1.807) is 38.1 Å². The van der Waals surface area contributed by atoms with E-state index in [-0.39, 0.29) is 24.2 Å². The van der Waals surface area contributed by atoms with Crippen molar-refractivity contribution in [3.05, 3.63) is 69.1 Å². The summed E-state index contributed by atoms with van der Waals surface area (Å²) in [5.41, 5.74) is 1.71. The maximum absolute atomic E-state index is 12.5. The first-order valence-corrected chi connectivity index (χ1v) is 9.59. The number of aryl methyl sites for hydroxylation is 2. The Morgan fingerprint density at radius 3 is 2.42 bits per heavy atom. The van der Waals surface area contributed by atoms with Crippen LogP contribution in [0.15, 0.2) is 45.6 Å². The van der Waals surface area contributed by atoms with Gasteiger partial charge in [-0.3, -0.25) is 4.79 Å². The predicted molar refractivity (Wildman–Crippen MR) is 111 cm³/mol. The Bertz CT molecular complexity index is 1200. The number of hydrogen-bond donors (Lipinski definition) is 2. The number of carboxylic acid groups (broad SMARTS) is 1. The van der Waals surface area contributed by atoms with E-state index in [1.165, 1.54) is 19.2 Å². The Kier molecular flexibility index (Phi) is 6.29. The van der Waals surface area contributed by atoms with E-state index in [0.717, 1.165) is 0 Å². The number of ether oxygens (including phenoxy) is 1. The smallest absolute Gasteiger partial charge is 0.340 e. The number of carbonyl (C=O) groups excluding carboxylic acids is 2. The molecule has 0 bridgehead atoms. The van der Waals surface area contributed by atoms with Crippen molar-refractivity contribution in [2.24, 2.45) is 0 Å². The van der Waals surface area contributed by atoms with E-state index < -0.39 is 23.5 Å². The lowest BCUT2D eigenvalue weighted by atomic mass is 10.0. The summed E-state index contributed by atoms with van der Waals surface area (Å²) >= 11 is 0. The first-order chi connectivity index (χ1) is 14.7. The van der Waals surface area contributed by atoms with Crippen molar-refractivity contribution in [1.29, 1.82) is 0 Å². The van der Waals surface area contributed by atoms with Gasteiger partial charge in [-0.2, -0.15) is 0 Å². The minimum absolute atomic E-state index is 0.0291. The van der Waals surface area contributed by atoms with Gasteiger partial charge in [-0.1, -0.05) is 12.1 Å². The van der Waals surface area contributed by atoms with E-state index in [4.69, 9.17) is 9.15 Å². The predicted octanol–water partition coefficient (Wildman–Crippen LogP) is 1.14. The average molecular weight is 424 g/mol.